The number of hydrogen-bond acceptors (Lipinski definition) is 3. The van der Waals surface area contributed by atoms with Crippen LogP contribution in [0.2, 0.25) is 5.02 Å². The number of fused-ring (bicyclic) bond motifs is 3. The number of halogens is 2. The third kappa shape index (κ3) is 3.57. The Labute approximate surface area is 178 Å². The molecule has 154 valence electrons. The number of carbonyl (C=O) groups excluding carboxylic acids is 1. The van der Waals surface area contributed by atoms with Gasteiger partial charge < -0.3 is 14.5 Å². The number of H-pyrrole nitrogens is 1. The Balaban J connectivity index is 1.83. The maximum atomic E-state index is 14.5. The van der Waals surface area contributed by atoms with Crippen LogP contribution in [0, 0.1) is 17.7 Å². The lowest BCUT2D eigenvalue weighted by molar-refractivity contribution is 0.0992. The number of amides is 1. The second kappa shape index (κ2) is 8.29. The molecule has 2 heterocycles. The number of aromatic nitrogens is 1. The summed E-state index contributed by atoms with van der Waals surface area (Å²) in [5, 5.41) is 1.64. The largest absolute Gasteiger partial charge is 0.494 e. The molecule has 7 heteroatoms. The first-order valence-electron chi connectivity index (χ1n) is 9.50. The maximum absolute atomic E-state index is 14.5. The Morgan fingerprint density at radius 1 is 1.33 bits per heavy atom. The fourth-order valence-electron chi connectivity index (χ4n) is 3.91. The van der Waals surface area contributed by atoms with Gasteiger partial charge in [0.05, 0.1) is 7.11 Å². The number of rotatable bonds is 3. The molecular weight excluding hydrogens is 407 g/mol. The minimum Gasteiger partial charge on any atom is -0.494 e. The van der Waals surface area contributed by atoms with Crippen LogP contribution in [0.3, 0.4) is 0 Å². The molecule has 5 nitrogen and oxygen atoms in total. The normalized spacial score (nSPS) is 15.3. The van der Waals surface area contributed by atoms with Gasteiger partial charge in [-0.05, 0) is 54.8 Å². The first-order chi connectivity index (χ1) is 14.5. The van der Waals surface area contributed by atoms with Gasteiger partial charge in [0, 0.05) is 28.2 Å². The lowest BCUT2D eigenvalue weighted by Crippen LogP contribution is -2.41. The number of methoxy groups -OCH3 is 1. The summed E-state index contributed by atoms with van der Waals surface area (Å²) in [5.74, 6) is 5.07. The van der Waals surface area contributed by atoms with Crippen LogP contribution in [0.1, 0.15) is 29.8 Å². The van der Waals surface area contributed by atoms with E-state index in [-0.39, 0.29) is 12.4 Å². The molecule has 1 N–H and O–H groups in total. The lowest BCUT2D eigenvalue weighted by atomic mass is 9.92. The third-order valence-electron chi connectivity index (χ3n) is 5.26. The van der Waals surface area contributed by atoms with Crippen molar-refractivity contribution in [2.24, 2.45) is 0 Å². The van der Waals surface area contributed by atoms with Gasteiger partial charge in [-0.1, -0.05) is 23.6 Å². The zero-order chi connectivity index (χ0) is 21.3. The van der Waals surface area contributed by atoms with Crippen molar-refractivity contribution in [2.75, 3.05) is 20.3 Å². The highest BCUT2D eigenvalue weighted by Crippen LogP contribution is 2.40. The van der Waals surface area contributed by atoms with Gasteiger partial charge in [-0.3, -0.25) is 4.90 Å². The molecule has 3 aromatic rings. The number of aromatic amines is 1. The Morgan fingerprint density at radius 2 is 2.17 bits per heavy atom. The van der Waals surface area contributed by atoms with Gasteiger partial charge in [0.2, 0.25) is 0 Å². The van der Waals surface area contributed by atoms with Crippen LogP contribution in [-0.4, -0.2) is 36.2 Å². The Hall–Kier alpha value is -3.17. The Bertz CT molecular complexity index is 1180. The second-order valence-corrected chi connectivity index (χ2v) is 7.36. The quantitative estimate of drug-likeness (QED) is 0.594. The van der Waals surface area contributed by atoms with E-state index in [1.54, 1.807) is 24.0 Å². The van der Waals surface area contributed by atoms with Crippen LogP contribution < -0.4 is 4.74 Å². The van der Waals surface area contributed by atoms with Gasteiger partial charge >= 0.3 is 6.09 Å². The van der Waals surface area contributed by atoms with E-state index in [1.165, 1.54) is 13.2 Å². The third-order valence-corrected chi connectivity index (χ3v) is 5.49. The number of hydrogen-bond donors (Lipinski definition) is 1. The second-order valence-electron chi connectivity index (χ2n) is 6.93. The minimum atomic E-state index is -0.539. The molecule has 1 aliphatic heterocycles. The van der Waals surface area contributed by atoms with Crippen LogP contribution in [-0.2, 0) is 11.2 Å². The first kappa shape index (κ1) is 20.1. The van der Waals surface area contributed by atoms with Crippen molar-refractivity contribution in [2.45, 2.75) is 19.4 Å². The molecule has 0 radical (unpaired) electrons. The van der Waals surface area contributed by atoms with Crippen LogP contribution in [0.25, 0.3) is 10.9 Å². The van der Waals surface area contributed by atoms with Crippen LogP contribution in [0.5, 0.6) is 5.75 Å². The van der Waals surface area contributed by atoms with Crippen molar-refractivity contribution in [3.63, 3.8) is 0 Å². The van der Waals surface area contributed by atoms with Gasteiger partial charge in [-0.2, -0.15) is 0 Å². The van der Waals surface area contributed by atoms with E-state index < -0.39 is 18.0 Å². The van der Waals surface area contributed by atoms with Crippen molar-refractivity contribution in [1.29, 1.82) is 0 Å². The van der Waals surface area contributed by atoms with E-state index in [0.717, 1.165) is 22.2 Å². The van der Waals surface area contributed by atoms with Gasteiger partial charge in [-0.15, -0.1) is 5.92 Å². The highest BCUT2D eigenvalue weighted by molar-refractivity contribution is 6.31. The summed E-state index contributed by atoms with van der Waals surface area (Å²) in [6, 6.07) is 9.79. The standard InChI is InChI=1S/C23H20ClFN2O3/c1-3-4-11-30-23(28)27-10-9-16-17-13-15(24)6-7-19(17)26-21(16)22(27)14-5-8-20(29-2)18(25)12-14/h5-8,12-13,22,26H,9-11H2,1-2H3. The molecule has 1 atom stereocenters. The molecule has 0 spiro atoms. The molecule has 2 aromatic carbocycles. The molecule has 0 saturated heterocycles. The highest BCUT2D eigenvalue weighted by atomic mass is 35.5. The van der Waals surface area contributed by atoms with E-state index in [4.69, 9.17) is 21.1 Å². The fraction of sp³-hybridized carbons (Fsp3) is 0.261. The van der Waals surface area contributed by atoms with Crippen molar-refractivity contribution < 1.29 is 18.7 Å². The van der Waals surface area contributed by atoms with Crippen molar-refractivity contribution in [1.82, 2.24) is 9.88 Å². The molecule has 0 bridgehead atoms. The molecule has 0 fully saturated rings. The smallest absolute Gasteiger partial charge is 0.411 e. The summed E-state index contributed by atoms with van der Waals surface area (Å²) in [6.45, 7) is 2.10. The first-order valence-corrected chi connectivity index (χ1v) is 9.87. The van der Waals surface area contributed by atoms with Crippen molar-refractivity contribution >= 4 is 28.6 Å². The summed E-state index contributed by atoms with van der Waals surface area (Å²) < 4.78 is 24.9. The summed E-state index contributed by atoms with van der Waals surface area (Å²) in [7, 11) is 1.41. The molecule has 1 amide bonds. The lowest BCUT2D eigenvalue weighted by Gasteiger charge is -2.35. The van der Waals surface area contributed by atoms with E-state index >= 15 is 0 Å². The minimum absolute atomic E-state index is 0.00466. The topological polar surface area (TPSA) is 54.6 Å². The van der Waals surface area contributed by atoms with E-state index in [9.17, 15) is 9.18 Å². The summed E-state index contributed by atoms with van der Waals surface area (Å²) in [5.41, 5.74) is 3.41. The molecule has 0 saturated carbocycles. The van der Waals surface area contributed by atoms with Gasteiger partial charge in [-0.25, -0.2) is 9.18 Å². The maximum Gasteiger partial charge on any atom is 0.411 e. The van der Waals surface area contributed by atoms with Gasteiger partial charge in [0.15, 0.2) is 18.2 Å². The molecule has 1 unspecified atom stereocenters. The Morgan fingerprint density at radius 3 is 2.90 bits per heavy atom. The number of carbonyl (C=O) groups is 1. The number of benzene rings is 2. The summed E-state index contributed by atoms with van der Waals surface area (Å²) >= 11 is 6.20. The zero-order valence-corrected chi connectivity index (χ0v) is 17.3. The molecule has 1 aliphatic rings. The number of ether oxygens (including phenoxy) is 2. The van der Waals surface area contributed by atoms with Crippen LogP contribution in [0.15, 0.2) is 36.4 Å². The van der Waals surface area contributed by atoms with Crippen molar-refractivity contribution in [3.05, 3.63) is 64.1 Å². The fourth-order valence-corrected chi connectivity index (χ4v) is 4.08. The van der Waals surface area contributed by atoms with Crippen molar-refractivity contribution in [3.8, 4) is 17.6 Å². The monoisotopic (exact) mass is 426 g/mol. The average molecular weight is 427 g/mol. The molecule has 1 aromatic heterocycles. The summed E-state index contributed by atoms with van der Waals surface area (Å²) in [6.07, 6.45) is 0.126. The molecule has 4 rings (SSSR count). The van der Waals surface area contributed by atoms with E-state index in [0.29, 0.717) is 23.6 Å². The SMILES string of the molecule is CC#CCOC(=O)N1CCc2c([nH]c3ccc(Cl)cc23)C1c1ccc(OC)c(F)c1. The summed E-state index contributed by atoms with van der Waals surface area (Å²) in [4.78, 5) is 17.8. The molecule has 0 aliphatic carbocycles. The van der Waals surface area contributed by atoms with Crippen LogP contribution >= 0.6 is 11.6 Å². The predicted molar refractivity (Wildman–Crippen MR) is 113 cm³/mol. The van der Waals surface area contributed by atoms with E-state index in [2.05, 4.69) is 16.8 Å². The van der Waals surface area contributed by atoms with Gasteiger partial charge in [0.1, 0.15) is 6.04 Å². The predicted octanol–water partition coefficient (Wildman–Crippen LogP) is 5.08. The van der Waals surface area contributed by atoms with Crippen LogP contribution in [0.4, 0.5) is 9.18 Å². The average Bonchev–Trinajstić information content (AvgIpc) is 3.11. The highest BCUT2D eigenvalue weighted by Gasteiger charge is 2.35. The van der Waals surface area contributed by atoms with E-state index in [1.807, 2.05) is 18.2 Å². The molecule has 30 heavy (non-hydrogen) atoms. The molecular formula is C23H20ClFN2O3. The zero-order valence-electron chi connectivity index (χ0n) is 16.6. The van der Waals surface area contributed by atoms with Gasteiger partial charge in [0.25, 0.3) is 0 Å². The number of nitrogens with one attached hydrogen (secondary N) is 1. The number of nitrogens with zero attached hydrogens (tertiary/aromatic N) is 1. The Kier molecular flexibility index (Phi) is 5.56.